The molecule has 33 heavy (non-hydrogen) atoms. The highest BCUT2D eigenvalue weighted by atomic mass is 35.5. The molecular formula is C23H17ClF4N2O3. The van der Waals surface area contributed by atoms with Gasteiger partial charge in [-0.1, -0.05) is 17.7 Å². The Kier molecular flexibility index (Phi) is 7.23. The lowest BCUT2D eigenvalue weighted by Crippen LogP contribution is -2.31. The number of anilines is 2. The van der Waals surface area contributed by atoms with Gasteiger partial charge in [-0.15, -0.1) is 0 Å². The van der Waals surface area contributed by atoms with E-state index >= 15 is 0 Å². The minimum atomic E-state index is -4.82. The Morgan fingerprint density at radius 3 is 2.30 bits per heavy atom. The van der Waals surface area contributed by atoms with Gasteiger partial charge < -0.3 is 15.4 Å². The van der Waals surface area contributed by atoms with Gasteiger partial charge in [0.15, 0.2) is 6.10 Å². The average Bonchev–Trinajstić information content (AvgIpc) is 2.74. The van der Waals surface area contributed by atoms with Crippen molar-refractivity contribution in [1.82, 2.24) is 0 Å². The lowest BCUT2D eigenvalue weighted by atomic mass is 10.1. The predicted molar refractivity (Wildman–Crippen MR) is 116 cm³/mol. The second-order valence-corrected chi connectivity index (χ2v) is 7.36. The number of hydrogen-bond acceptors (Lipinski definition) is 3. The van der Waals surface area contributed by atoms with Crippen LogP contribution in [0.3, 0.4) is 0 Å². The normalized spacial score (nSPS) is 12.1. The van der Waals surface area contributed by atoms with E-state index in [2.05, 4.69) is 10.6 Å². The summed E-state index contributed by atoms with van der Waals surface area (Å²) in [5.74, 6) is -1.81. The average molecular weight is 481 g/mol. The van der Waals surface area contributed by atoms with Crippen LogP contribution in [0.2, 0.25) is 5.02 Å². The van der Waals surface area contributed by atoms with Gasteiger partial charge in [0.1, 0.15) is 11.6 Å². The van der Waals surface area contributed by atoms with Gasteiger partial charge in [0.2, 0.25) is 0 Å². The van der Waals surface area contributed by atoms with Gasteiger partial charge in [-0.05, 0) is 67.6 Å². The summed E-state index contributed by atoms with van der Waals surface area (Å²) >= 11 is 5.85. The molecular weight excluding hydrogens is 464 g/mol. The van der Waals surface area contributed by atoms with Gasteiger partial charge in [-0.25, -0.2) is 4.39 Å². The van der Waals surface area contributed by atoms with Gasteiger partial charge in [0, 0.05) is 16.3 Å². The van der Waals surface area contributed by atoms with Crippen LogP contribution < -0.4 is 15.4 Å². The maximum atomic E-state index is 13.6. The van der Waals surface area contributed by atoms with Crippen molar-refractivity contribution in [1.29, 1.82) is 0 Å². The lowest BCUT2D eigenvalue weighted by Gasteiger charge is -2.18. The first kappa shape index (κ1) is 24.1. The third-order valence-electron chi connectivity index (χ3n) is 4.43. The zero-order chi connectivity index (χ0) is 24.2. The third-order valence-corrected chi connectivity index (χ3v) is 4.66. The fraction of sp³-hybridized carbons (Fsp3) is 0.130. The van der Waals surface area contributed by atoms with E-state index in [1.807, 2.05) is 0 Å². The molecule has 0 aliphatic rings. The van der Waals surface area contributed by atoms with E-state index in [1.54, 1.807) is 18.2 Å². The Morgan fingerprint density at radius 1 is 0.970 bits per heavy atom. The molecule has 172 valence electrons. The number of carbonyl (C=O) groups excluding carboxylic acids is 2. The molecule has 0 saturated heterocycles. The second kappa shape index (κ2) is 9.91. The van der Waals surface area contributed by atoms with Crippen molar-refractivity contribution in [3.8, 4) is 5.75 Å². The zero-order valence-corrected chi connectivity index (χ0v) is 17.8. The number of alkyl halides is 3. The van der Waals surface area contributed by atoms with Crippen LogP contribution in [0.4, 0.5) is 28.9 Å². The number of nitrogens with one attached hydrogen (secondary N) is 2. The van der Waals surface area contributed by atoms with Crippen molar-refractivity contribution >= 4 is 34.8 Å². The van der Waals surface area contributed by atoms with Gasteiger partial charge >= 0.3 is 6.18 Å². The van der Waals surface area contributed by atoms with Crippen molar-refractivity contribution in [3.05, 3.63) is 88.7 Å². The number of rotatable bonds is 6. The third kappa shape index (κ3) is 6.45. The maximum absolute atomic E-state index is 13.6. The molecule has 0 bridgehead atoms. The molecule has 0 aliphatic carbocycles. The monoisotopic (exact) mass is 480 g/mol. The molecule has 0 aliphatic heterocycles. The summed E-state index contributed by atoms with van der Waals surface area (Å²) in [6.45, 7) is 1.38. The zero-order valence-electron chi connectivity index (χ0n) is 17.0. The van der Waals surface area contributed by atoms with Crippen molar-refractivity contribution in [2.24, 2.45) is 0 Å². The number of benzene rings is 3. The summed E-state index contributed by atoms with van der Waals surface area (Å²) in [5, 5.41) is 4.89. The first-order chi connectivity index (χ1) is 15.5. The molecule has 0 radical (unpaired) electrons. The minimum absolute atomic E-state index is 0.0642. The van der Waals surface area contributed by atoms with Crippen LogP contribution in [-0.4, -0.2) is 17.9 Å². The predicted octanol–water partition coefficient (Wildman–Crippen LogP) is 6.16. The van der Waals surface area contributed by atoms with E-state index in [1.165, 1.54) is 31.2 Å². The fourth-order valence-electron chi connectivity index (χ4n) is 2.80. The SMILES string of the molecule is CC(Oc1cccc(Cl)c1)C(=O)Nc1ccc(NC(=O)c2ccc(F)cc2)cc1C(F)(F)F. The van der Waals surface area contributed by atoms with Gasteiger partial charge in [-0.3, -0.25) is 9.59 Å². The Morgan fingerprint density at radius 2 is 1.67 bits per heavy atom. The molecule has 1 unspecified atom stereocenters. The molecule has 1 atom stereocenters. The summed E-state index contributed by atoms with van der Waals surface area (Å²) in [6.07, 6.45) is -5.95. The van der Waals surface area contributed by atoms with Crippen LogP contribution in [0, 0.1) is 5.82 Å². The van der Waals surface area contributed by atoms with E-state index in [0.717, 1.165) is 18.2 Å². The highest BCUT2D eigenvalue weighted by Gasteiger charge is 2.35. The number of amides is 2. The van der Waals surface area contributed by atoms with Gasteiger partial charge in [-0.2, -0.15) is 13.2 Å². The highest BCUT2D eigenvalue weighted by Crippen LogP contribution is 2.37. The summed E-state index contributed by atoms with van der Waals surface area (Å²) in [6, 6.07) is 13.6. The molecule has 2 N–H and O–H groups in total. The van der Waals surface area contributed by atoms with Crippen LogP contribution >= 0.6 is 11.6 Å². The topological polar surface area (TPSA) is 67.4 Å². The Bertz CT molecular complexity index is 1170. The summed E-state index contributed by atoms with van der Waals surface area (Å²) in [4.78, 5) is 24.6. The number of carbonyl (C=O) groups is 2. The van der Waals surface area contributed by atoms with Crippen LogP contribution in [0.15, 0.2) is 66.7 Å². The largest absolute Gasteiger partial charge is 0.481 e. The summed E-state index contributed by atoms with van der Waals surface area (Å²) in [5.41, 5.74) is -1.76. The van der Waals surface area contributed by atoms with Crippen LogP contribution in [-0.2, 0) is 11.0 Å². The Labute approximate surface area is 191 Å². The lowest BCUT2D eigenvalue weighted by molar-refractivity contribution is -0.137. The number of halogens is 5. The van der Waals surface area contributed by atoms with E-state index in [9.17, 15) is 27.2 Å². The molecule has 3 rings (SSSR count). The van der Waals surface area contributed by atoms with E-state index < -0.39 is 41.2 Å². The van der Waals surface area contributed by atoms with E-state index in [4.69, 9.17) is 16.3 Å². The minimum Gasteiger partial charge on any atom is -0.481 e. The highest BCUT2D eigenvalue weighted by molar-refractivity contribution is 6.30. The molecule has 3 aromatic carbocycles. The summed E-state index contributed by atoms with van der Waals surface area (Å²) in [7, 11) is 0. The molecule has 0 fully saturated rings. The molecule has 0 spiro atoms. The van der Waals surface area contributed by atoms with Crippen molar-refractivity contribution in [2.45, 2.75) is 19.2 Å². The second-order valence-electron chi connectivity index (χ2n) is 6.93. The molecule has 5 nitrogen and oxygen atoms in total. The number of ether oxygens (including phenoxy) is 1. The number of hydrogen-bond donors (Lipinski definition) is 2. The van der Waals surface area contributed by atoms with E-state index in [0.29, 0.717) is 11.1 Å². The quantitative estimate of drug-likeness (QED) is 0.415. The molecule has 0 heterocycles. The van der Waals surface area contributed by atoms with Gasteiger partial charge in [0.05, 0.1) is 11.3 Å². The first-order valence-corrected chi connectivity index (χ1v) is 9.92. The van der Waals surface area contributed by atoms with Crippen LogP contribution in [0.25, 0.3) is 0 Å². The van der Waals surface area contributed by atoms with Gasteiger partial charge in [0.25, 0.3) is 11.8 Å². The summed E-state index contributed by atoms with van der Waals surface area (Å²) < 4.78 is 59.3. The van der Waals surface area contributed by atoms with Crippen molar-refractivity contribution in [3.63, 3.8) is 0 Å². The van der Waals surface area contributed by atoms with Crippen LogP contribution in [0.1, 0.15) is 22.8 Å². The van der Waals surface area contributed by atoms with E-state index in [-0.39, 0.29) is 17.0 Å². The molecule has 0 aromatic heterocycles. The Balaban J connectivity index is 1.76. The van der Waals surface area contributed by atoms with Crippen molar-refractivity contribution in [2.75, 3.05) is 10.6 Å². The maximum Gasteiger partial charge on any atom is 0.418 e. The smallest absolute Gasteiger partial charge is 0.418 e. The molecule has 10 heteroatoms. The van der Waals surface area contributed by atoms with Crippen LogP contribution in [0.5, 0.6) is 5.75 Å². The Hall–Kier alpha value is -3.59. The standard InChI is InChI=1S/C23H17ClF4N2O3/c1-13(33-18-4-2-3-15(24)11-18)21(31)30-20-10-9-17(12-19(20)23(26,27)28)29-22(32)14-5-7-16(25)8-6-14/h2-13H,1H3,(H,29,32)(H,30,31). The first-order valence-electron chi connectivity index (χ1n) is 9.54. The van der Waals surface area contributed by atoms with Crippen molar-refractivity contribution < 1.29 is 31.9 Å². The molecule has 2 amide bonds. The fourth-order valence-corrected chi connectivity index (χ4v) is 2.98. The molecule has 0 saturated carbocycles. The molecule has 3 aromatic rings.